The molecule has 1 saturated carbocycles. The van der Waals surface area contributed by atoms with Gasteiger partial charge in [-0.15, -0.1) is 0 Å². The van der Waals surface area contributed by atoms with Crippen LogP contribution in [0.3, 0.4) is 0 Å². The van der Waals surface area contributed by atoms with Gasteiger partial charge in [-0.25, -0.2) is 4.79 Å². The number of nitrogens with one attached hydrogen (secondary N) is 1. The molecule has 1 N–H and O–H groups in total. The fourth-order valence-electron chi connectivity index (χ4n) is 2.28. The first-order chi connectivity index (χ1) is 9.60. The van der Waals surface area contributed by atoms with E-state index < -0.39 is 5.97 Å². The largest absolute Gasteiger partial charge is 0.463 e. The minimum Gasteiger partial charge on any atom is -0.463 e. The summed E-state index contributed by atoms with van der Waals surface area (Å²) in [7, 11) is 3.09. The van der Waals surface area contributed by atoms with Crippen LogP contribution in [0.2, 0.25) is 0 Å². The van der Waals surface area contributed by atoms with E-state index in [2.05, 4.69) is 10.1 Å². The molecule has 0 aromatic carbocycles. The summed E-state index contributed by atoms with van der Waals surface area (Å²) in [5, 5.41) is 3.48. The second-order valence-corrected chi connectivity index (χ2v) is 5.54. The third-order valence-electron chi connectivity index (χ3n) is 4.02. The Morgan fingerprint density at radius 1 is 1.45 bits per heavy atom. The molecule has 5 nitrogen and oxygen atoms in total. The van der Waals surface area contributed by atoms with Crippen LogP contribution in [0.25, 0.3) is 0 Å². The molecule has 0 aliphatic heterocycles. The molecule has 0 bridgehead atoms. The molecule has 1 heterocycles. The zero-order valence-corrected chi connectivity index (χ0v) is 12.4. The standard InChI is InChI=1S/C15H23NO4/c1-11(12-4-5-13(20-12)14(17)19-3)16-10-15(6-7-15)8-9-18-2/h4-5,11,16H,6-10H2,1-3H3. The Bertz CT molecular complexity index is 450. The van der Waals surface area contributed by atoms with Crippen molar-refractivity contribution in [2.24, 2.45) is 5.41 Å². The molecule has 0 amide bonds. The number of furan rings is 1. The molecular weight excluding hydrogens is 258 g/mol. The van der Waals surface area contributed by atoms with Gasteiger partial charge in [-0.3, -0.25) is 0 Å². The number of hydrogen-bond acceptors (Lipinski definition) is 5. The van der Waals surface area contributed by atoms with Crippen molar-refractivity contribution < 1.29 is 18.7 Å². The van der Waals surface area contributed by atoms with Gasteiger partial charge in [0.15, 0.2) is 0 Å². The highest BCUT2D eigenvalue weighted by Crippen LogP contribution is 2.48. The van der Waals surface area contributed by atoms with Gasteiger partial charge < -0.3 is 19.2 Å². The van der Waals surface area contributed by atoms with Crippen LogP contribution in [0.1, 0.15) is 48.5 Å². The van der Waals surface area contributed by atoms with E-state index in [-0.39, 0.29) is 11.8 Å². The Kier molecular flexibility index (Phi) is 4.83. The molecule has 0 saturated heterocycles. The Labute approximate surface area is 119 Å². The van der Waals surface area contributed by atoms with Gasteiger partial charge in [-0.1, -0.05) is 0 Å². The third-order valence-corrected chi connectivity index (χ3v) is 4.02. The van der Waals surface area contributed by atoms with E-state index >= 15 is 0 Å². The topological polar surface area (TPSA) is 60.7 Å². The molecule has 1 aromatic heterocycles. The molecule has 1 aliphatic carbocycles. The molecule has 5 heteroatoms. The van der Waals surface area contributed by atoms with Crippen LogP contribution in [0.15, 0.2) is 16.5 Å². The zero-order valence-electron chi connectivity index (χ0n) is 12.4. The maximum absolute atomic E-state index is 11.3. The maximum Gasteiger partial charge on any atom is 0.373 e. The first kappa shape index (κ1) is 15.1. The fraction of sp³-hybridized carbons (Fsp3) is 0.667. The van der Waals surface area contributed by atoms with Gasteiger partial charge in [0.25, 0.3) is 0 Å². The minimum absolute atomic E-state index is 0.0772. The molecule has 2 rings (SSSR count). The lowest BCUT2D eigenvalue weighted by atomic mass is 10.0. The van der Waals surface area contributed by atoms with Crippen molar-refractivity contribution >= 4 is 5.97 Å². The van der Waals surface area contributed by atoms with Gasteiger partial charge in [-0.05, 0) is 43.7 Å². The molecular formula is C15H23NO4. The predicted octanol–water partition coefficient (Wildman–Crippen LogP) is 2.53. The highest BCUT2D eigenvalue weighted by atomic mass is 16.5. The summed E-state index contributed by atoms with van der Waals surface area (Å²) in [6.07, 6.45) is 3.60. The number of rotatable bonds is 8. The molecule has 1 aromatic rings. The first-order valence-corrected chi connectivity index (χ1v) is 7.00. The van der Waals surface area contributed by atoms with E-state index in [1.54, 1.807) is 13.2 Å². The molecule has 1 fully saturated rings. The molecule has 1 aliphatic rings. The van der Waals surface area contributed by atoms with E-state index in [0.717, 1.165) is 25.3 Å². The van der Waals surface area contributed by atoms with Crippen LogP contribution in [0.4, 0.5) is 0 Å². The quantitative estimate of drug-likeness (QED) is 0.742. The zero-order chi connectivity index (χ0) is 14.6. The first-order valence-electron chi connectivity index (χ1n) is 7.00. The number of ether oxygens (including phenoxy) is 2. The van der Waals surface area contributed by atoms with Crippen molar-refractivity contribution in [2.45, 2.75) is 32.2 Å². The Balaban J connectivity index is 1.84. The SMILES string of the molecule is COCCC1(CNC(C)c2ccc(C(=O)OC)o2)CC1. The monoisotopic (exact) mass is 281 g/mol. The van der Waals surface area contributed by atoms with Crippen LogP contribution in [0, 0.1) is 5.41 Å². The van der Waals surface area contributed by atoms with Gasteiger partial charge in [0.2, 0.25) is 5.76 Å². The Hall–Kier alpha value is -1.33. The van der Waals surface area contributed by atoms with E-state index in [4.69, 9.17) is 9.15 Å². The number of methoxy groups -OCH3 is 2. The lowest BCUT2D eigenvalue weighted by molar-refractivity contribution is 0.0562. The second-order valence-electron chi connectivity index (χ2n) is 5.54. The molecule has 20 heavy (non-hydrogen) atoms. The van der Waals surface area contributed by atoms with Crippen LogP contribution in [-0.2, 0) is 9.47 Å². The van der Waals surface area contributed by atoms with Gasteiger partial charge in [0, 0.05) is 20.3 Å². The van der Waals surface area contributed by atoms with Crippen molar-refractivity contribution in [3.05, 3.63) is 23.7 Å². The van der Waals surface area contributed by atoms with Crippen molar-refractivity contribution in [3.63, 3.8) is 0 Å². The van der Waals surface area contributed by atoms with Crippen LogP contribution >= 0.6 is 0 Å². The minimum atomic E-state index is -0.442. The van der Waals surface area contributed by atoms with Gasteiger partial charge in [0.1, 0.15) is 5.76 Å². The lowest BCUT2D eigenvalue weighted by Gasteiger charge is -2.18. The van der Waals surface area contributed by atoms with Crippen molar-refractivity contribution in [1.82, 2.24) is 5.32 Å². The normalized spacial score (nSPS) is 17.8. The van der Waals surface area contributed by atoms with Crippen molar-refractivity contribution in [3.8, 4) is 0 Å². The van der Waals surface area contributed by atoms with Gasteiger partial charge in [0.05, 0.1) is 13.2 Å². The van der Waals surface area contributed by atoms with Crippen LogP contribution in [-0.4, -0.2) is 33.3 Å². The molecule has 0 spiro atoms. The molecule has 0 radical (unpaired) electrons. The number of esters is 1. The van der Waals surface area contributed by atoms with Gasteiger partial charge >= 0.3 is 5.97 Å². The Morgan fingerprint density at radius 3 is 2.80 bits per heavy atom. The summed E-state index contributed by atoms with van der Waals surface area (Å²) in [4.78, 5) is 11.3. The predicted molar refractivity (Wildman–Crippen MR) is 74.6 cm³/mol. The Morgan fingerprint density at radius 2 is 2.20 bits per heavy atom. The number of hydrogen-bond donors (Lipinski definition) is 1. The third kappa shape index (κ3) is 3.61. The van der Waals surface area contributed by atoms with Crippen LogP contribution < -0.4 is 5.32 Å². The maximum atomic E-state index is 11.3. The molecule has 1 unspecified atom stereocenters. The summed E-state index contributed by atoms with van der Waals surface area (Å²) in [5.74, 6) is 0.562. The summed E-state index contributed by atoms with van der Waals surface area (Å²) in [5.41, 5.74) is 0.391. The second kappa shape index (κ2) is 6.41. The summed E-state index contributed by atoms with van der Waals surface area (Å²) < 4.78 is 15.3. The van der Waals surface area contributed by atoms with E-state index in [0.29, 0.717) is 5.41 Å². The molecule has 1 atom stereocenters. The van der Waals surface area contributed by atoms with Crippen molar-refractivity contribution in [2.75, 3.05) is 27.4 Å². The van der Waals surface area contributed by atoms with Crippen LogP contribution in [0.5, 0.6) is 0 Å². The highest BCUT2D eigenvalue weighted by Gasteiger charge is 2.41. The highest BCUT2D eigenvalue weighted by molar-refractivity contribution is 5.86. The van der Waals surface area contributed by atoms with E-state index in [9.17, 15) is 4.79 Å². The average molecular weight is 281 g/mol. The lowest BCUT2D eigenvalue weighted by Crippen LogP contribution is -2.27. The van der Waals surface area contributed by atoms with E-state index in [1.165, 1.54) is 20.0 Å². The van der Waals surface area contributed by atoms with E-state index in [1.807, 2.05) is 13.0 Å². The number of carbonyl (C=O) groups excluding carboxylic acids is 1. The summed E-state index contributed by atoms with van der Waals surface area (Å²) >= 11 is 0. The smallest absolute Gasteiger partial charge is 0.373 e. The van der Waals surface area contributed by atoms with Crippen molar-refractivity contribution in [1.29, 1.82) is 0 Å². The fourth-order valence-corrected chi connectivity index (χ4v) is 2.28. The average Bonchev–Trinajstić information content (AvgIpc) is 3.06. The summed E-state index contributed by atoms with van der Waals surface area (Å²) in [6, 6.07) is 3.55. The number of carbonyl (C=O) groups is 1. The summed E-state index contributed by atoms with van der Waals surface area (Å²) in [6.45, 7) is 3.79. The molecule has 112 valence electrons. The van der Waals surface area contributed by atoms with Gasteiger partial charge in [-0.2, -0.15) is 0 Å².